The summed E-state index contributed by atoms with van der Waals surface area (Å²) in [5, 5.41) is 16.4. The number of hydrogen-bond donors (Lipinski definition) is 5. The summed E-state index contributed by atoms with van der Waals surface area (Å²) in [5.41, 5.74) is 12.5. The number of aliphatic hydroxyl groups excluding tert-OH is 1. The molecule has 3 amide bonds. The van der Waals surface area contributed by atoms with E-state index in [1.807, 2.05) is 42.5 Å². The van der Waals surface area contributed by atoms with Crippen molar-refractivity contribution in [1.82, 2.24) is 15.6 Å². The summed E-state index contributed by atoms with van der Waals surface area (Å²) in [6.07, 6.45) is -1.13. The van der Waals surface area contributed by atoms with Gasteiger partial charge in [-0.2, -0.15) is 0 Å². The number of pyridine rings is 1. The standard InChI is InChI=1S/C24H27N5O4/c25-14-21(30)19(12-15-6-2-1-3-7-15)28-24(33)20(13-22(26)31)29-23(32)18-11-10-16-8-4-5-9-17(16)27-18/h1-11,19-21,30H,12-14,25H2,(H2,26,31)(H,28,33)(H,29,32)/t19?,20-,21?/m0/s1. The number of hydrogen-bond acceptors (Lipinski definition) is 6. The third-order valence-electron chi connectivity index (χ3n) is 5.19. The molecular weight excluding hydrogens is 422 g/mol. The first-order valence-electron chi connectivity index (χ1n) is 10.5. The molecule has 0 aliphatic heterocycles. The van der Waals surface area contributed by atoms with Crippen LogP contribution in [0.4, 0.5) is 0 Å². The number of primary amides is 1. The van der Waals surface area contributed by atoms with E-state index in [4.69, 9.17) is 11.5 Å². The minimum Gasteiger partial charge on any atom is -0.390 e. The molecule has 3 atom stereocenters. The van der Waals surface area contributed by atoms with Crippen LogP contribution in [-0.2, 0) is 16.0 Å². The highest BCUT2D eigenvalue weighted by molar-refractivity contribution is 5.99. The molecule has 0 aliphatic rings. The lowest BCUT2D eigenvalue weighted by Crippen LogP contribution is -2.55. The topological polar surface area (TPSA) is 160 Å². The van der Waals surface area contributed by atoms with Crippen molar-refractivity contribution < 1.29 is 19.5 Å². The van der Waals surface area contributed by atoms with Crippen molar-refractivity contribution in [3.8, 4) is 0 Å². The highest BCUT2D eigenvalue weighted by atomic mass is 16.3. The average Bonchev–Trinajstić information content (AvgIpc) is 2.82. The molecule has 0 saturated carbocycles. The molecule has 3 rings (SSSR count). The van der Waals surface area contributed by atoms with Gasteiger partial charge in [-0.15, -0.1) is 0 Å². The van der Waals surface area contributed by atoms with E-state index in [0.717, 1.165) is 10.9 Å². The van der Waals surface area contributed by atoms with Crippen molar-refractivity contribution >= 4 is 28.6 Å². The zero-order valence-corrected chi connectivity index (χ0v) is 18.0. The summed E-state index contributed by atoms with van der Waals surface area (Å²) < 4.78 is 0. The molecule has 0 radical (unpaired) electrons. The average molecular weight is 450 g/mol. The summed E-state index contributed by atoms with van der Waals surface area (Å²) in [7, 11) is 0. The van der Waals surface area contributed by atoms with Crippen molar-refractivity contribution in [2.45, 2.75) is 31.0 Å². The van der Waals surface area contributed by atoms with E-state index >= 15 is 0 Å². The third kappa shape index (κ3) is 6.58. The molecular formula is C24H27N5O4. The zero-order chi connectivity index (χ0) is 23.8. The van der Waals surface area contributed by atoms with Gasteiger partial charge in [0.2, 0.25) is 11.8 Å². The Morgan fingerprint density at radius 2 is 1.64 bits per heavy atom. The van der Waals surface area contributed by atoms with Gasteiger partial charge in [-0.1, -0.05) is 54.6 Å². The Labute approximate surface area is 191 Å². The van der Waals surface area contributed by atoms with Gasteiger partial charge >= 0.3 is 0 Å². The van der Waals surface area contributed by atoms with Crippen LogP contribution >= 0.6 is 0 Å². The van der Waals surface area contributed by atoms with Crippen LogP contribution < -0.4 is 22.1 Å². The summed E-state index contributed by atoms with van der Waals surface area (Å²) >= 11 is 0. The predicted octanol–water partition coefficient (Wildman–Crippen LogP) is 0.256. The minimum absolute atomic E-state index is 0.0777. The maximum absolute atomic E-state index is 13.0. The second-order valence-electron chi connectivity index (χ2n) is 7.69. The second kappa shape index (κ2) is 11.2. The molecule has 7 N–H and O–H groups in total. The number of carbonyl (C=O) groups is 3. The first kappa shape index (κ1) is 23.8. The summed E-state index contributed by atoms with van der Waals surface area (Å²) in [6, 6.07) is 17.9. The van der Waals surface area contributed by atoms with Gasteiger partial charge in [-0.25, -0.2) is 4.98 Å². The minimum atomic E-state index is -1.24. The highest BCUT2D eigenvalue weighted by Crippen LogP contribution is 2.12. The summed E-state index contributed by atoms with van der Waals surface area (Å²) in [6.45, 7) is -0.0777. The van der Waals surface area contributed by atoms with E-state index < -0.39 is 42.3 Å². The lowest BCUT2D eigenvalue weighted by atomic mass is 10.0. The molecule has 9 heteroatoms. The molecule has 9 nitrogen and oxygen atoms in total. The van der Waals surface area contributed by atoms with Crippen LogP contribution in [0.5, 0.6) is 0 Å². The molecule has 0 aliphatic carbocycles. The summed E-state index contributed by atoms with van der Waals surface area (Å²) in [4.78, 5) is 41.6. The van der Waals surface area contributed by atoms with Crippen molar-refractivity contribution in [3.63, 3.8) is 0 Å². The number of benzene rings is 2. The predicted molar refractivity (Wildman–Crippen MR) is 124 cm³/mol. The maximum Gasteiger partial charge on any atom is 0.270 e. The van der Waals surface area contributed by atoms with Crippen LogP contribution in [0.2, 0.25) is 0 Å². The zero-order valence-electron chi connectivity index (χ0n) is 18.0. The van der Waals surface area contributed by atoms with Gasteiger partial charge in [0.15, 0.2) is 0 Å². The molecule has 3 aromatic rings. The van der Waals surface area contributed by atoms with Crippen LogP contribution in [0.15, 0.2) is 66.7 Å². The maximum atomic E-state index is 13.0. The van der Waals surface area contributed by atoms with Gasteiger partial charge < -0.3 is 27.2 Å². The number of amides is 3. The van der Waals surface area contributed by atoms with E-state index in [-0.39, 0.29) is 12.2 Å². The number of nitrogens with two attached hydrogens (primary N) is 2. The van der Waals surface area contributed by atoms with Crippen LogP contribution in [0.25, 0.3) is 10.9 Å². The molecule has 0 spiro atoms. The van der Waals surface area contributed by atoms with Crippen molar-refractivity contribution in [2.75, 3.05) is 6.54 Å². The number of rotatable bonds is 10. The Bertz CT molecular complexity index is 1120. The Balaban J connectivity index is 1.75. The quantitative estimate of drug-likeness (QED) is 0.298. The normalized spacial score (nSPS) is 13.6. The van der Waals surface area contributed by atoms with Crippen LogP contribution in [-0.4, -0.2) is 52.5 Å². The van der Waals surface area contributed by atoms with Crippen molar-refractivity contribution in [1.29, 1.82) is 0 Å². The lowest BCUT2D eigenvalue weighted by Gasteiger charge is -2.26. The van der Waals surface area contributed by atoms with Gasteiger partial charge in [0, 0.05) is 11.9 Å². The van der Waals surface area contributed by atoms with E-state index in [1.54, 1.807) is 18.2 Å². The van der Waals surface area contributed by atoms with Crippen molar-refractivity contribution in [2.24, 2.45) is 11.5 Å². The number of nitrogens with one attached hydrogen (secondary N) is 2. The van der Waals surface area contributed by atoms with Crippen LogP contribution in [0.1, 0.15) is 22.5 Å². The molecule has 0 bridgehead atoms. The monoisotopic (exact) mass is 449 g/mol. The molecule has 0 saturated heterocycles. The lowest BCUT2D eigenvalue weighted by molar-refractivity contribution is -0.128. The van der Waals surface area contributed by atoms with Crippen LogP contribution in [0, 0.1) is 0 Å². The second-order valence-corrected chi connectivity index (χ2v) is 7.69. The fraction of sp³-hybridized carbons (Fsp3) is 0.250. The molecule has 172 valence electrons. The van der Waals surface area contributed by atoms with Crippen molar-refractivity contribution in [3.05, 3.63) is 78.0 Å². The van der Waals surface area contributed by atoms with E-state index in [1.165, 1.54) is 6.07 Å². The molecule has 0 fully saturated rings. The Morgan fingerprint density at radius 1 is 0.939 bits per heavy atom. The number of fused-ring (bicyclic) bond motifs is 1. The van der Waals surface area contributed by atoms with E-state index in [2.05, 4.69) is 15.6 Å². The van der Waals surface area contributed by atoms with Gasteiger partial charge in [-0.05, 0) is 24.1 Å². The van der Waals surface area contributed by atoms with Gasteiger partial charge in [0.1, 0.15) is 11.7 Å². The number of para-hydroxylation sites is 1. The van der Waals surface area contributed by atoms with Gasteiger partial charge in [0.25, 0.3) is 5.91 Å². The molecule has 1 aromatic heterocycles. The largest absolute Gasteiger partial charge is 0.390 e. The number of nitrogens with zero attached hydrogens (tertiary/aromatic N) is 1. The molecule has 33 heavy (non-hydrogen) atoms. The first-order chi connectivity index (χ1) is 15.9. The smallest absolute Gasteiger partial charge is 0.270 e. The van der Waals surface area contributed by atoms with Gasteiger partial charge in [-0.3, -0.25) is 14.4 Å². The Hall–Kier alpha value is -3.82. The van der Waals surface area contributed by atoms with Crippen LogP contribution in [0.3, 0.4) is 0 Å². The van der Waals surface area contributed by atoms with E-state index in [9.17, 15) is 19.5 Å². The fourth-order valence-electron chi connectivity index (χ4n) is 3.43. The number of carbonyl (C=O) groups excluding carboxylic acids is 3. The fourth-order valence-corrected chi connectivity index (χ4v) is 3.43. The summed E-state index contributed by atoms with van der Waals surface area (Å²) in [5.74, 6) is -2.04. The Kier molecular flexibility index (Phi) is 8.06. The number of aliphatic hydroxyl groups is 1. The van der Waals surface area contributed by atoms with E-state index in [0.29, 0.717) is 11.9 Å². The molecule has 1 heterocycles. The van der Waals surface area contributed by atoms with Gasteiger partial charge in [0.05, 0.1) is 24.1 Å². The number of aromatic nitrogens is 1. The third-order valence-corrected chi connectivity index (χ3v) is 5.19. The highest BCUT2D eigenvalue weighted by Gasteiger charge is 2.28. The molecule has 2 unspecified atom stereocenters. The SMILES string of the molecule is NCC(O)C(Cc1ccccc1)NC(=O)[C@H](CC(N)=O)NC(=O)c1ccc2ccccc2n1. The molecule has 2 aromatic carbocycles. The first-order valence-corrected chi connectivity index (χ1v) is 10.5. The Morgan fingerprint density at radius 3 is 2.33 bits per heavy atom.